The zero-order valence-corrected chi connectivity index (χ0v) is 16.4. The lowest BCUT2D eigenvalue weighted by Crippen LogP contribution is -2.37. The Bertz CT molecular complexity index is 951. The fourth-order valence-corrected chi connectivity index (χ4v) is 5.83. The number of hydrogen-bond donors (Lipinski definition) is 0. The molecule has 5 heteroatoms. The lowest BCUT2D eigenvalue weighted by atomic mass is 9.82. The molecule has 3 aliphatic rings. The van der Waals surface area contributed by atoms with Gasteiger partial charge in [-0.15, -0.1) is 0 Å². The highest BCUT2D eigenvalue weighted by Crippen LogP contribution is 2.48. The number of benzene rings is 1. The Balaban J connectivity index is 1.40. The van der Waals surface area contributed by atoms with Crippen molar-refractivity contribution in [2.24, 2.45) is 11.8 Å². The molecule has 1 aromatic carbocycles. The van der Waals surface area contributed by atoms with Crippen molar-refractivity contribution in [2.45, 2.75) is 38.8 Å². The summed E-state index contributed by atoms with van der Waals surface area (Å²) in [5, 5.41) is 9.01. The maximum atomic E-state index is 13.2. The number of fused-ring (bicyclic) bond motifs is 5. The minimum absolute atomic E-state index is 0.214. The summed E-state index contributed by atoms with van der Waals surface area (Å²) in [6, 6.07) is 12.7. The standard InChI is InChI=1S/C23H25N3O2/c1-14-9-18(15(2)26(14)17-5-3-16(10-24)4-6-17)23(27)11-25-21-7-8-22(25)20-13-28-12-19(20)21/h3-6,9,19-22H,7-8,11-13H2,1-2H3/t19-,20+,21?,22?. The Hall–Kier alpha value is -2.42. The van der Waals surface area contributed by atoms with Crippen molar-refractivity contribution < 1.29 is 9.53 Å². The highest BCUT2D eigenvalue weighted by atomic mass is 16.5. The van der Waals surface area contributed by atoms with Gasteiger partial charge in [0.05, 0.1) is 31.4 Å². The van der Waals surface area contributed by atoms with Crippen LogP contribution in [0.25, 0.3) is 5.69 Å². The highest BCUT2D eigenvalue weighted by molar-refractivity contribution is 5.99. The molecule has 144 valence electrons. The van der Waals surface area contributed by atoms with Gasteiger partial charge < -0.3 is 9.30 Å². The van der Waals surface area contributed by atoms with Crippen LogP contribution in [0.1, 0.15) is 40.2 Å². The number of aromatic nitrogens is 1. The number of Topliss-reactive ketones (excluding diaryl/α,β-unsaturated/α-hetero) is 1. The van der Waals surface area contributed by atoms with Crippen LogP contribution in [0.3, 0.4) is 0 Å². The minimum Gasteiger partial charge on any atom is -0.381 e. The summed E-state index contributed by atoms with van der Waals surface area (Å²) in [5.41, 5.74) is 4.46. The smallest absolute Gasteiger partial charge is 0.178 e. The number of rotatable bonds is 4. The number of aryl methyl sites for hydroxylation is 1. The molecule has 2 bridgehead atoms. The summed E-state index contributed by atoms with van der Waals surface area (Å²) < 4.78 is 7.81. The first-order chi connectivity index (χ1) is 13.6. The maximum Gasteiger partial charge on any atom is 0.178 e. The first kappa shape index (κ1) is 17.7. The van der Waals surface area contributed by atoms with E-state index in [1.165, 1.54) is 12.8 Å². The molecule has 0 amide bonds. The number of ether oxygens (including phenoxy) is 1. The summed E-state index contributed by atoms with van der Waals surface area (Å²) in [6.07, 6.45) is 2.40. The molecule has 1 aromatic heterocycles. The maximum absolute atomic E-state index is 13.2. The van der Waals surface area contributed by atoms with Gasteiger partial charge in [0.2, 0.25) is 0 Å². The number of nitriles is 1. The van der Waals surface area contributed by atoms with E-state index in [0.717, 1.165) is 35.9 Å². The lowest BCUT2D eigenvalue weighted by molar-refractivity contribution is 0.0863. The molecule has 0 N–H and O–H groups in total. The lowest BCUT2D eigenvalue weighted by Gasteiger charge is -2.23. The zero-order chi connectivity index (χ0) is 19.4. The summed E-state index contributed by atoms with van der Waals surface area (Å²) in [5.74, 6) is 1.46. The Morgan fingerprint density at radius 1 is 1.14 bits per heavy atom. The second kappa shape index (κ2) is 6.58. The van der Waals surface area contributed by atoms with Gasteiger partial charge >= 0.3 is 0 Å². The molecular formula is C23H25N3O2. The molecule has 4 atom stereocenters. The second-order valence-corrected chi connectivity index (χ2v) is 8.45. The molecule has 4 heterocycles. The topological polar surface area (TPSA) is 58.3 Å². The molecule has 0 spiro atoms. The van der Waals surface area contributed by atoms with Crippen LogP contribution in [0.15, 0.2) is 30.3 Å². The van der Waals surface area contributed by atoms with E-state index in [2.05, 4.69) is 15.5 Å². The number of carbonyl (C=O) groups excluding carboxylic acids is 1. The molecular weight excluding hydrogens is 350 g/mol. The van der Waals surface area contributed by atoms with Crippen LogP contribution in [0.5, 0.6) is 0 Å². The number of nitrogens with zero attached hydrogens (tertiary/aromatic N) is 3. The first-order valence-electron chi connectivity index (χ1n) is 10.1. The van der Waals surface area contributed by atoms with Gasteiger partial charge in [-0.3, -0.25) is 9.69 Å². The molecule has 0 radical (unpaired) electrons. The van der Waals surface area contributed by atoms with Crippen molar-refractivity contribution in [1.29, 1.82) is 5.26 Å². The van der Waals surface area contributed by atoms with Crippen LogP contribution in [-0.2, 0) is 4.74 Å². The molecule has 3 fully saturated rings. The average Bonchev–Trinajstić information content (AvgIpc) is 3.44. The van der Waals surface area contributed by atoms with Crippen LogP contribution < -0.4 is 0 Å². The number of hydrogen-bond acceptors (Lipinski definition) is 4. The molecule has 5 nitrogen and oxygen atoms in total. The van der Waals surface area contributed by atoms with E-state index in [1.54, 1.807) is 0 Å². The molecule has 5 rings (SSSR count). The van der Waals surface area contributed by atoms with Gasteiger partial charge in [-0.2, -0.15) is 5.26 Å². The summed E-state index contributed by atoms with van der Waals surface area (Å²) >= 11 is 0. The Morgan fingerprint density at radius 2 is 1.79 bits per heavy atom. The van der Waals surface area contributed by atoms with Gasteiger partial charge in [-0.1, -0.05) is 0 Å². The monoisotopic (exact) mass is 375 g/mol. The predicted octanol–water partition coefficient (Wildman–Crippen LogP) is 3.26. The molecule has 3 saturated heterocycles. The van der Waals surface area contributed by atoms with Gasteiger partial charge in [0.25, 0.3) is 0 Å². The van der Waals surface area contributed by atoms with Gasteiger partial charge in [0.1, 0.15) is 0 Å². The van der Waals surface area contributed by atoms with Gasteiger partial charge in [0.15, 0.2) is 5.78 Å². The third kappa shape index (κ3) is 2.56. The normalized spacial score (nSPS) is 28.5. The van der Waals surface area contributed by atoms with Crippen molar-refractivity contribution in [3.63, 3.8) is 0 Å². The first-order valence-corrected chi connectivity index (χ1v) is 10.1. The van der Waals surface area contributed by atoms with Crippen molar-refractivity contribution in [3.05, 3.63) is 52.8 Å². The van der Waals surface area contributed by atoms with Crippen LogP contribution >= 0.6 is 0 Å². The Kier molecular flexibility index (Phi) is 4.15. The predicted molar refractivity (Wildman–Crippen MR) is 106 cm³/mol. The summed E-state index contributed by atoms with van der Waals surface area (Å²) in [7, 11) is 0. The zero-order valence-electron chi connectivity index (χ0n) is 16.4. The van der Waals surface area contributed by atoms with Crippen LogP contribution in [0, 0.1) is 37.0 Å². The van der Waals surface area contributed by atoms with Crippen molar-refractivity contribution >= 4 is 5.78 Å². The largest absolute Gasteiger partial charge is 0.381 e. The van der Waals surface area contributed by atoms with E-state index < -0.39 is 0 Å². The van der Waals surface area contributed by atoms with Gasteiger partial charge in [0, 0.05) is 46.6 Å². The summed E-state index contributed by atoms with van der Waals surface area (Å²) in [4.78, 5) is 15.7. The third-order valence-electron chi connectivity index (χ3n) is 7.08. The molecule has 3 aliphatic heterocycles. The van der Waals surface area contributed by atoms with E-state index in [-0.39, 0.29) is 5.78 Å². The van der Waals surface area contributed by atoms with Gasteiger partial charge in [-0.05, 0) is 57.0 Å². The number of ketones is 1. The van der Waals surface area contributed by atoms with Crippen molar-refractivity contribution in [2.75, 3.05) is 19.8 Å². The van der Waals surface area contributed by atoms with E-state index in [4.69, 9.17) is 10.00 Å². The molecule has 28 heavy (non-hydrogen) atoms. The van der Waals surface area contributed by atoms with Gasteiger partial charge in [-0.25, -0.2) is 0 Å². The SMILES string of the molecule is Cc1cc(C(=O)CN2C3CCC2[C@@H]2COC[C@H]32)c(C)n1-c1ccc(C#N)cc1. The Morgan fingerprint density at radius 3 is 2.39 bits per heavy atom. The summed E-state index contributed by atoms with van der Waals surface area (Å²) in [6.45, 7) is 6.29. The van der Waals surface area contributed by atoms with Crippen LogP contribution in [-0.4, -0.2) is 47.1 Å². The fraction of sp³-hybridized carbons (Fsp3) is 0.478. The third-order valence-corrected chi connectivity index (χ3v) is 7.08. The van der Waals surface area contributed by atoms with Crippen LogP contribution in [0.4, 0.5) is 0 Å². The molecule has 2 aromatic rings. The molecule has 0 saturated carbocycles. The molecule has 0 aliphatic carbocycles. The average molecular weight is 375 g/mol. The molecule has 2 unspecified atom stereocenters. The Labute approximate surface area is 165 Å². The van der Waals surface area contributed by atoms with E-state index in [9.17, 15) is 4.79 Å². The van der Waals surface area contributed by atoms with E-state index >= 15 is 0 Å². The van der Waals surface area contributed by atoms with Crippen molar-refractivity contribution in [3.8, 4) is 11.8 Å². The second-order valence-electron chi connectivity index (χ2n) is 8.45. The number of carbonyl (C=O) groups is 1. The van der Waals surface area contributed by atoms with Crippen LogP contribution in [0.2, 0.25) is 0 Å². The van der Waals surface area contributed by atoms with E-state index in [0.29, 0.717) is 36.0 Å². The highest BCUT2D eigenvalue weighted by Gasteiger charge is 2.55. The van der Waals surface area contributed by atoms with E-state index in [1.807, 2.05) is 44.2 Å². The quantitative estimate of drug-likeness (QED) is 0.770. The minimum atomic E-state index is 0.214. The fourth-order valence-electron chi connectivity index (χ4n) is 5.83. The van der Waals surface area contributed by atoms with Crippen molar-refractivity contribution in [1.82, 2.24) is 9.47 Å².